The van der Waals surface area contributed by atoms with Crippen molar-refractivity contribution in [1.82, 2.24) is 0 Å². The zero-order valence-corrected chi connectivity index (χ0v) is 26.9. The third-order valence-electron chi connectivity index (χ3n) is 8.40. The summed E-state index contributed by atoms with van der Waals surface area (Å²) in [6, 6.07) is 6.14. The molecule has 4 bridgehead atoms. The second kappa shape index (κ2) is 10.1. The predicted octanol–water partition coefficient (Wildman–Crippen LogP) is 6.04. The van der Waals surface area contributed by atoms with Gasteiger partial charge in [0.1, 0.15) is 32.8 Å². The number of phenols is 1. The van der Waals surface area contributed by atoms with Crippen molar-refractivity contribution in [2.24, 2.45) is 17.3 Å². The first-order valence-corrected chi connectivity index (χ1v) is 16.4. The summed E-state index contributed by atoms with van der Waals surface area (Å²) in [5.41, 5.74) is -0.848. The van der Waals surface area contributed by atoms with E-state index >= 15 is 0 Å². The smallest absolute Gasteiger partial charge is 0.342 e. The molecule has 6 rings (SSSR count). The van der Waals surface area contributed by atoms with Gasteiger partial charge in [-0.25, -0.2) is 13.2 Å². The van der Waals surface area contributed by atoms with Crippen LogP contribution < -0.4 is 4.74 Å². The van der Waals surface area contributed by atoms with E-state index in [1.165, 1.54) is 12.1 Å². The van der Waals surface area contributed by atoms with E-state index < -0.39 is 33.1 Å². The standard InChI is InChI=1S/C28H30I2O8S/c1-14(2)19-8-22(15(3)4-23(19)39(34,35)36)37-26(33)27-9-16-5-17(10-27)12-28(11-16,13-27)38-25(32)20-6-18(29)7-21(30)24(20)31/h4,6-8,14,16-17,31H,5,9-13H2,1-3H3,(H,34,35,36)/p-1. The predicted molar refractivity (Wildman–Crippen MR) is 158 cm³/mol. The molecule has 2 unspecified atom stereocenters. The van der Waals surface area contributed by atoms with Crippen LogP contribution in [0.2, 0.25) is 0 Å². The topological polar surface area (TPSA) is 130 Å². The molecule has 2 aromatic carbocycles. The van der Waals surface area contributed by atoms with Crippen LogP contribution in [0.3, 0.4) is 0 Å². The van der Waals surface area contributed by atoms with Crippen LogP contribution in [0.25, 0.3) is 0 Å². The molecule has 210 valence electrons. The first-order chi connectivity index (χ1) is 18.1. The molecule has 2 aromatic rings. The zero-order chi connectivity index (χ0) is 28.5. The Kier molecular flexibility index (Phi) is 7.54. The second-order valence-corrected chi connectivity index (χ2v) is 15.5. The van der Waals surface area contributed by atoms with E-state index in [0.29, 0.717) is 46.8 Å². The number of carbonyl (C=O) groups is 2. The molecular weight excluding hydrogens is 750 g/mol. The minimum atomic E-state index is -4.69. The molecular formula is C28H29I2O8S-. The first kappa shape index (κ1) is 29.1. The monoisotopic (exact) mass is 779 g/mol. The van der Waals surface area contributed by atoms with Crippen LogP contribution in [0.15, 0.2) is 29.2 Å². The van der Waals surface area contributed by atoms with Gasteiger partial charge < -0.3 is 19.1 Å². The fourth-order valence-electron chi connectivity index (χ4n) is 7.17. The fourth-order valence-corrected chi connectivity index (χ4v) is 9.92. The number of hydrogen-bond acceptors (Lipinski definition) is 8. The molecule has 0 aromatic heterocycles. The summed E-state index contributed by atoms with van der Waals surface area (Å²) in [5.74, 6) is -0.755. The number of esters is 2. The van der Waals surface area contributed by atoms with E-state index in [9.17, 15) is 27.7 Å². The van der Waals surface area contributed by atoms with Gasteiger partial charge in [-0.1, -0.05) is 13.8 Å². The molecule has 4 aliphatic carbocycles. The van der Waals surface area contributed by atoms with E-state index in [1.54, 1.807) is 32.9 Å². The van der Waals surface area contributed by atoms with Gasteiger partial charge >= 0.3 is 11.9 Å². The Morgan fingerprint density at radius 3 is 2.31 bits per heavy atom. The number of benzene rings is 2. The molecule has 0 aliphatic heterocycles. The Hall–Kier alpha value is -1.45. The van der Waals surface area contributed by atoms with E-state index in [4.69, 9.17) is 9.47 Å². The normalized spacial score (nSPS) is 27.6. The lowest BCUT2D eigenvalue weighted by Crippen LogP contribution is -2.60. The van der Waals surface area contributed by atoms with Crippen molar-refractivity contribution < 1.29 is 37.1 Å². The summed E-state index contributed by atoms with van der Waals surface area (Å²) in [7, 11) is -4.69. The third-order valence-corrected chi connectivity index (χ3v) is 10.7. The van der Waals surface area contributed by atoms with Gasteiger partial charge in [0.15, 0.2) is 0 Å². The number of hydrogen-bond donors (Lipinski definition) is 1. The highest BCUT2D eigenvalue weighted by Gasteiger charge is 2.63. The lowest BCUT2D eigenvalue weighted by atomic mass is 9.48. The first-order valence-electron chi connectivity index (χ1n) is 12.9. The number of halogens is 2. The summed E-state index contributed by atoms with van der Waals surface area (Å²) in [6.45, 7) is 5.16. The highest BCUT2D eigenvalue weighted by atomic mass is 127. The lowest BCUT2D eigenvalue weighted by Gasteiger charge is -2.59. The molecule has 2 atom stereocenters. The van der Waals surface area contributed by atoms with Crippen molar-refractivity contribution in [3.8, 4) is 11.5 Å². The molecule has 0 saturated heterocycles. The Labute approximate surface area is 255 Å². The number of carbonyl (C=O) groups excluding carboxylic acids is 2. The van der Waals surface area contributed by atoms with Gasteiger partial charge in [-0.2, -0.15) is 0 Å². The summed E-state index contributed by atoms with van der Waals surface area (Å²) in [6.07, 6.45) is 3.90. The minimum Gasteiger partial charge on any atom is -0.744 e. The number of aryl methyl sites for hydroxylation is 1. The quantitative estimate of drug-likeness (QED) is 0.163. The van der Waals surface area contributed by atoms with Crippen molar-refractivity contribution in [3.63, 3.8) is 0 Å². The summed E-state index contributed by atoms with van der Waals surface area (Å²) in [5, 5.41) is 10.5. The maximum atomic E-state index is 13.8. The molecule has 8 nitrogen and oxygen atoms in total. The zero-order valence-electron chi connectivity index (χ0n) is 21.8. The summed E-state index contributed by atoms with van der Waals surface area (Å²) in [4.78, 5) is 26.8. The van der Waals surface area contributed by atoms with Gasteiger partial charge in [0, 0.05) is 9.99 Å². The average molecular weight is 779 g/mol. The van der Waals surface area contributed by atoms with Gasteiger partial charge in [0.25, 0.3) is 0 Å². The van der Waals surface area contributed by atoms with Crippen molar-refractivity contribution in [1.29, 1.82) is 0 Å². The van der Waals surface area contributed by atoms with E-state index in [-0.39, 0.29) is 39.7 Å². The number of ether oxygens (including phenoxy) is 2. The van der Waals surface area contributed by atoms with Crippen LogP contribution in [-0.2, 0) is 19.6 Å². The lowest BCUT2D eigenvalue weighted by molar-refractivity contribution is -0.189. The van der Waals surface area contributed by atoms with E-state index in [1.807, 2.05) is 22.6 Å². The molecule has 39 heavy (non-hydrogen) atoms. The van der Waals surface area contributed by atoms with Crippen LogP contribution in [0.5, 0.6) is 11.5 Å². The van der Waals surface area contributed by atoms with Gasteiger partial charge in [-0.15, -0.1) is 0 Å². The Bertz CT molecular complexity index is 1470. The molecule has 0 radical (unpaired) electrons. The molecule has 4 fully saturated rings. The van der Waals surface area contributed by atoms with Crippen molar-refractivity contribution in [2.45, 2.75) is 75.7 Å². The molecule has 11 heteroatoms. The van der Waals surface area contributed by atoms with Gasteiger partial charge in [0.2, 0.25) is 0 Å². The van der Waals surface area contributed by atoms with Crippen LogP contribution in [0.4, 0.5) is 0 Å². The van der Waals surface area contributed by atoms with Gasteiger partial charge in [-0.05, 0) is 137 Å². The van der Waals surface area contributed by atoms with Gasteiger partial charge in [0.05, 0.1) is 13.9 Å². The Balaban J connectivity index is 1.44. The van der Waals surface area contributed by atoms with E-state index in [2.05, 4.69) is 22.6 Å². The molecule has 0 heterocycles. The average Bonchev–Trinajstić information content (AvgIpc) is 2.80. The van der Waals surface area contributed by atoms with Crippen LogP contribution in [0, 0.1) is 31.3 Å². The van der Waals surface area contributed by atoms with Crippen LogP contribution in [0.1, 0.15) is 79.8 Å². The maximum Gasteiger partial charge on any atom is 0.342 e. The number of rotatable bonds is 6. The summed E-state index contributed by atoms with van der Waals surface area (Å²) >= 11 is 4.07. The molecule has 4 saturated carbocycles. The SMILES string of the molecule is Cc1cc(S(=O)(=O)[O-])c(C(C)C)cc1OC(=O)C12CC3CC(CC(OC(=O)c4cc(I)cc(I)c4O)(C3)C1)C2. The van der Waals surface area contributed by atoms with Crippen LogP contribution >= 0.6 is 45.2 Å². The third kappa shape index (κ3) is 5.44. The molecule has 1 N–H and O–H groups in total. The second-order valence-electron chi connectivity index (χ2n) is 11.8. The highest BCUT2D eigenvalue weighted by Crippen LogP contribution is 2.63. The van der Waals surface area contributed by atoms with Crippen LogP contribution in [-0.4, -0.2) is 35.6 Å². The minimum absolute atomic E-state index is 0.111. The Morgan fingerprint density at radius 2 is 1.72 bits per heavy atom. The van der Waals surface area contributed by atoms with E-state index in [0.717, 1.165) is 9.99 Å². The largest absolute Gasteiger partial charge is 0.744 e. The number of aromatic hydroxyl groups is 1. The van der Waals surface area contributed by atoms with Crippen molar-refractivity contribution in [3.05, 3.63) is 48.1 Å². The van der Waals surface area contributed by atoms with Gasteiger partial charge in [-0.3, -0.25) is 4.79 Å². The molecule has 4 aliphatic rings. The van der Waals surface area contributed by atoms with Crippen molar-refractivity contribution >= 4 is 67.2 Å². The number of phenolic OH excluding ortho intramolecular Hbond substituents is 1. The molecule has 0 amide bonds. The summed E-state index contributed by atoms with van der Waals surface area (Å²) < 4.78 is 49.0. The molecule has 0 spiro atoms. The van der Waals surface area contributed by atoms with Crippen molar-refractivity contribution in [2.75, 3.05) is 0 Å². The fraction of sp³-hybridized carbons (Fsp3) is 0.500. The maximum absolute atomic E-state index is 13.8. The highest BCUT2D eigenvalue weighted by molar-refractivity contribution is 14.1. The Morgan fingerprint density at radius 1 is 1.08 bits per heavy atom.